The number of aliphatic hydroxyl groups is 2. The van der Waals surface area contributed by atoms with Crippen LogP contribution in [0.25, 0.3) is 22.3 Å². The summed E-state index contributed by atoms with van der Waals surface area (Å²) >= 11 is 6.31. The Morgan fingerprint density at radius 3 is 2.65 bits per heavy atom. The van der Waals surface area contributed by atoms with Crippen LogP contribution in [0.3, 0.4) is 0 Å². The van der Waals surface area contributed by atoms with Gasteiger partial charge >= 0.3 is 0 Å². The highest BCUT2D eigenvalue weighted by atomic mass is 35.5. The van der Waals surface area contributed by atoms with E-state index >= 15 is 0 Å². The van der Waals surface area contributed by atoms with Crippen LogP contribution in [0.15, 0.2) is 48.5 Å². The standard InChI is InChI=1S/C21H16ClF2N3O4/c22-14-4-2-1-3-13(14)20-19-17(30-10-12(29)9-28)8-18(25-21(19)27-26-20)31-16-6-5-11(23)7-15(16)24/h1-8,12,28-29H,9-10H2,(H,25,26,27). The number of hydrogen-bond donors (Lipinski definition) is 3. The molecule has 2 heterocycles. The number of rotatable bonds is 7. The summed E-state index contributed by atoms with van der Waals surface area (Å²) in [4.78, 5) is 4.26. The second-order valence-corrected chi connectivity index (χ2v) is 6.97. The first-order valence-corrected chi connectivity index (χ1v) is 9.52. The number of benzene rings is 2. The zero-order valence-corrected chi connectivity index (χ0v) is 16.6. The van der Waals surface area contributed by atoms with Gasteiger partial charge in [-0.15, -0.1) is 0 Å². The van der Waals surface area contributed by atoms with E-state index in [2.05, 4.69) is 15.2 Å². The third kappa shape index (κ3) is 4.43. The fraction of sp³-hybridized carbons (Fsp3) is 0.143. The summed E-state index contributed by atoms with van der Waals surface area (Å²) < 4.78 is 38.3. The predicted molar refractivity (Wildman–Crippen MR) is 109 cm³/mol. The molecule has 0 fully saturated rings. The summed E-state index contributed by atoms with van der Waals surface area (Å²) in [6.45, 7) is -0.728. The number of nitrogens with one attached hydrogen (secondary N) is 1. The minimum Gasteiger partial charge on any atom is -0.490 e. The van der Waals surface area contributed by atoms with Crippen molar-refractivity contribution in [2.45, 2.75) is 6.10 Å². The average Bonchev–Trinajstić information content (AvgIpc) is 3.18. The molecule has 1 unspecified atom stereocenters. The van der Waals surface area contributed by atoms with Crippen molar-refractivity contribution in [1.82, 2.24) is 15.2 Å². The first kappa shape index (κ1) is 21.0. The highest BCUT2D eigenvalue weighted by molar-refractivity contribution is 6.33. The number of halogens is 3. The first-order valence-electron chi connectivity index (χ1n) is 9.15. The molecule has 3 N–H and O–H groups in total. The van der Waals surface area contributed by atoms with Crippen LogP contribution in [-0.2, 0) is 0 Å². The van der Waals surface area contributed by atoms with E-state index in [1.165, 1.54) is 6.07 Å². The molecule has 0 amide bonds. The van der Waals surface area contributed by atoms with E-state index in [9.17, 15) is 13.9 Å². The van der Waals surface area contributed by atoms with E-state index in [1.54, 1.807) is 24.3 Å². The van der Waals surface area contributed by atoms with Gasteiger partial charge in [0.05, 0.1) is 17.7 Å². The number of nitrogens with zero attached hydrogens (tertiary/aromatic N) is 2. The molecule has 0 saturated carbocycles. The molecule has 31 heavy (non-hydrogen) atoms. The van der Waals surface area contributed by atoms with Crippen LogP contribution in [-0.4, -0.2) is 44.7 Å². The number of hydrogen-bond acceptors (Lipinski definition) is 6. The van der Waals surface area contributed by atoms with Crippen molar-refractivity contribution in [2.75, 3.05) is 13.2 Å². The second kappa shape index (κ2) is 8.84. The van der Waals surface area contributed by atoms with Gasteiger partial charge < -0.3 is 19.7 Å². The maximum Gasteiger partial charge on any atom is 0.225 e. The van der Waals surface area contributed by atoms with Crippen molar-refractivity contribution >= 4 is 22.6 Å². The van der Waals surface area contributed by atoms with Gasteiger partial charge in [0.2, 0.25) is 5.88 Å². The van der Waals surface area contributed by atoms with Crippen LogP contribution >= 0.6 is 11.6 Å². The highest BCUT2D eigenvalue weighted by Gasteiger charge is 2.20. The Morgan fingerprint density at radius 2 is 1.90 bits per heavy atom. The Labute approximate surface area is 179 Å². The summed E-state index contributed by atoms with van der Waals surface area (Å²) in [6.07, 6.45) is -1.13. The molecule has 10 heteroatoms. The normalized spacial score (nSPS) is 12.2. The number of aliphatic hydroxyl groups excluding tert-OH is 2. The quantitative estimate of drug-likeness (QED) is 0.394. The molecule has 0 aliphatic rings. The Balaban J connectivity index is 1.80. The lowest BCUT2D eigenvalue weighted by Gasteiger charge is -2.13. The fourth-order valence-electron chi connectivity index (χ4n) is 2.90. The van der Waals surface area contributed by atoms with Gasteiger partial charge in [0.1, 0.15) is 24.3 Å². The van der Waals surface area contributed by atoms with Gasteiger partial charge in [-0.1, -0.05) is 29.8 Å². The van der Waals surface area contributed by atoms with Crippen LogP contribution in [0, 0.1) is 11.6 Å². The molecule has 160 valence electrons. The van der Waals surface area contributed by atoms with E-state index in [1.807, 2.05) is 0 Å². The average molecular weight is 448 g/mol. The zero-order chi connectivity index (χ0) is 22.0. The molecule has 2 aromatic carbocycles. The second-order valence-electron chi connectivity index (χ2n) is 6.56. The largest absolute Gasteiger partial charge is 0.490 e. The summed E-state index contributed by atoms with van der Waals surface area (Å²) in [5.41, 5.74) is 1.34. The molecule has 0 aliphatic heterocycles. The predicted octanol–water partition coefficient (Wildman–Crippen LogP) is 4.08. The van der Waals surface area contributed by atoms with Crippen LogP contribution in [0.5, 0.6) is 17.4 Å². The molecule has 0 saturated heterocycles. The van der Waals surface area contributed by atoms with Crippen LogP contribution in [0.1, 0.15) is 0 Å². The van der Waals surface area contributed by atoms with Crippen molar-refractivity contribution < 1.29 is 28.5 Å². The van der Waals surface area contributed by atoms with Gasteiger partial charge in [-0.05, 0) is 18.2 Å². The maximum atomic E-state index is 14.0. The molecule has 0 aliphatic carbocycles. The van der Waals surface area contributed by atoms with Crippen LogP contribution in [0.2, 0.25) is 5.02 Å². The van der Waals surface area contributed by atoms with Crippen molar-refractivity contribution in [2.24, 2.45) is 0 Å². The number of ether oxygens (including phenoxy) is 2. The highest BCUT2D eigenvalue weighted by Crippen LogP contribution is 2.38. The first-order chi connectivity index (χ1) is 15.0. The lowest BCUT2D eigenvalue weighted by molar-refractivity contribution is 0.0540. The van der Waals surface area contributed by atoms with Gasteiger partial charge in [0.25, 0.3) is 0 Å². The fourth-order valence-corrected chi connectivity index (χ4v) is 3.13. The number of fused-ring (bicyclic) bond motifs is 1. The van der Waals surface area contributed by atoms with Crippen molar-refractivity contribution in [3.8, 4) is 28.6 Å². The molecule has 4 aromatic rings. The minimum absolute atomic E-state index is 0.0660. The van der Waals surface area contributed by atoms with E-state index in [4.69, 9.17) is 26.2 Å². The van der Waals surface area contributed by atoms with Gasteiger partial charge in [0.15, 0.2) is 17.2 Å². The summed E-state index contributed by atoms with van der Waals surface area (Å²) in [6, 6.07) is 11.3. The minimum atomic E-state index is -1.13. The van der Waals surface area contributed by atoms with Gasteiger partial charge in [-0.3, -0.25) is 5.10 Å². The number of pyridine rings is 1. The van der Waals surface area contributed by atoms with E-state index < -0.39 is 24.3 Å². The number of aromatic amines is 1. The molecule has 0 radical (unpaired) electrons. The third-order valence-electron chi connectivity index (χ3n) is 4.36. The third-order valence-corrected chi connectivity index (χ3v) is 4.69. The summed E-state index contributed by atoms with van der Waals surface area (Å²) in [7, 11) is 0. The Hall–Kier alpha value is -3.27. The lowest BCUT2D eigenvalue weighted by Crippen LogP contribution is -2.21. The Morgan fingerprint density at radius 1 is 1.10 bits per heavy atom. The SMILES string of the molecule is OCC(O)COc1cc(Oc2ccc(F)cc2F)nc2n[nH]c(-c3ccccc3Cl)c12. The summed E-state index contributed by atoms with van der Waals surface area (Å²) in [5, 5.41) is 26.7. The lowest BCUT2D eigenvalue weighted by atomic mass is 10.1. The zero-order valence-electron chi connectivity index (χ0n) is 15.8. The Kier molecular flexibility index (Phi) is 5.99. The molecule has 0 bridgehead atoms. The molecule has 4 rings (SSSR count). The van der Waals surface area contributed by atoms with Gasteiger partial charge in [-0.2, -0.15) is 10.1 Å². The van der Waals surface area contributed by atoms with Crippen molar-refractivity contribution in [3.63, 3.8) is 0 Å². The van der Waals surface area contributed by atoms with E-state index in [-0.39, 0.29) is 29.6 Å². The molecular weight excluding hydrogens is 432 g/mol. The molecule has 2 aromatic heterocycles. The maximum absolute atomic E-state index is 14.0. The van der Waals surface area contributed by atoms with Crippen molar-refractivity contribution in [1.29, 1.82) is 0 Å². The van der Waals surface area contributed by atoms with Crippen LogP contribution < -0.4 is 9.47 Å². The molecule has 1 atom stereocenters. The molecule has 0 spiro atoms. The topological polar surface area (TPSA) is 100 Å². The van der Waals surface area contributed by atoms with Crippen molar-refractivity contribution in [3.05, 3.63) is 65.2 Å². The van der Waals surface area contributed by atoms with Gasteiger partial charge in [-0.25, -0.2) is 8.78 Å². The van der Waals surface area contributed by atoms with E-state index in [0.717, 1.165) is 12.1 Å². The number of H-pyrrole nitrogens is 1. The molecular formula is C21H16ClF2N3O4. The van der Waals surface area contributed by atoms with Crippen LogP contribution in [0.4, 0.5) is 8.78 Å². The monoisotopic (exact) mass is 447 g/mol. The molecule has 7 nitrogen and oxygen atoms in total. The summed E-state index contributed by atoms with van der Waals surface area (Å²) in [5.74, 6) is -1.75. The van der Waals surface area contributed by atoms with Gasteiger partial charge in [0, 0.05) is 22.7 Å². The Bertz CT molecular complexity index is 1230. The van der Waals surface area contributed by atoms with E-state index in [0.29, 0.717) is 27.7 Å². The number of aromatic nitrogens is 3. The smallest absolute Gasteiger partial charge is 0.225 e.